The highest BCUT2D eigenvalue weighted by Crippen LogP contribution is 2.22. The fourth-order valence-corrected chi connectivity index (χ4v) is 3.07. The van der Waals surface area contributed by atoms with Crippen molar-refractivity contribution in [1.82, 2.24) is 15.0 Å². The lowest BCUT2D eigenvalue weighted by atomic mass is 10.1. The Kier molecular flexibility index (Phi) is 4.92. The summed E-state index contributed by atoms with van der Waals surface area (Å²) in [6.45, 7) is 0.710. The second kappa shape index (κ2) is 7.83. The Balaban J connectivity index is 1.48. The lowest BCUT2D eigenvalue weighted by Crippen LogP contribution is -2.09. The molecule has 0 fully saturated rings. The third kappa shape index (κ3) is 3.87. The van der Waals surface area contributed by atoms with E-state index in [1.807, 2.05) is 36.4 Å². The Morgan fingerprint density at radius 3 is 2.59 bits per heavy atom. The molecule has 0 aliphatic rings. The number of hydrogen-bond acceptors (Lipinski definition) is 5. The molecular formula is C22H20N4O. The van der Waals surface area contributed by atoms with Crippen LogP contribution in [-0.4, -0.2) is 28.6 Å². The molecule has 134 valence electrons. The summed E-state index contributed by atoms with van der Waals surface area (Å²) in [7, 11) is 1.69. The van der Waals surface area contributed by atoms with E-state index < -0.39 is 0 Å². The highest BCUT2D eigenvalue weighted by molar-refractivity contribution is 5.86. The lowest BCUT2D eigenvalue weighted by molar-refractivity contribution is 0.410. The first kappa shape index (κ1) is 17.0. The number of ether oxygens (including phenoxy) is 1. The highest BCUT2D eigenvalue weighted by atomic mass is 16.5. The van der Waals surface area contributed by atoms with Crippen LogP contribution in [0.15, 0.2) is 73.1 Å². The van der Waals surface area contributed by atoms with Crippen LogP contribution in [0.3, 0.4) is 0 Å². The smallest absolute Gasteiger partial charge is 0.226 e. The zero-order chi connectivity index (χ0) is 18.5. The van der Waals surface area contributed by atoms with Gasteiger partial charge in [0.2, 0.25) is 5.95 Å². The average molecular weight is 356 g/mol. The van der Waals surface area contributed by atoms with Gasteiger partial charge in [0, 0.05) is 12.1 Å². The van der Waals surface area contributed by atoms with Gasteiger partial charge in [-0.2, -0.15) is 4.98 Å². The molecule has 0 amide bonds. The van der Waals surface area contributed by atoms with E-state index in [1.54, 1.807) is 13.4 Å². The van der Waals surface area contributed by atoms with Gasteiger partial charge < -0.3 is 10.1 Å². The predicted octanol–water partition coefficient (Wildman–Crippen LogP) is 4.36. The molecule has 0 spiro atoms. The minimum atomic E-state index is 0.572. The van der Waals surface area contributed by atoms with Crippen molar-refractivity contribution in [3.8, 4) is 17.1 Å². The molecule has 1 aromatic heterocycles. The number of fused-ring (bicyclic) bond motifs is 1. The first-order valence-electron chi connectivity index (χ1n) is 8.87. The third-order valence-corrected chi connectivity index (χ3v) is 4.45. The van der Waals surface area contributed by atoms with Gasteiger partial charge in [-0.15, -0.1) is 0 Å². The fraction of sp³-hybridized carbons (Fsp3) is 0.136. The van der Waals surface area contributed by atoms with Gasteiger partial charge in [-0.25, -0.2) is 9.97 Å². The Morgan fingerprint density at radius 2 is 1.70 bits per heavy atom. The minimum absolute atomic E-state index is 0.572. The zero-order valence-corrected chi connectivity index (χ0v) is 15.1. The maximum atomic E-state index is 5.39. The molecule has 0 aliphatic heterocycles. The molecule has 0 saturated heterocycles. The molecule has 0 unspecified atom stereocenters. The summed E-state index contributed by atoms with van der Waals surface area (Å²) in [5.41, 5.74) is 2.13. The number of anilines is 1. The standard InChI is InChI=1S/C22H20N4O/c1-27-20-9-5-4-7-17(20)12-13-23-22-25-15-24-21(26-22)19-11-10-16-6-2-3-8-18(16)14-19/h2-11,14-15H,12-13H2,1H3,(H,23,24,25,26). The maximum Gasteiger partial charge on any atom is 0.226 e. The first-order chi connectivity index (χ1) is 13.3. The summed E-state index contributed by atoms with van der Waals surface area (Å²) < 4.78 is 5.39. The van der Waals surface area contributed by atoms with Crippen molar-refractivity contribution in [3.63, 3.8) is 0 Å². The van der Waals surface area contributed by atoms with E-state index in [9.17, 15) is 0 Å². The summed E-state index contributed by atoms with van der Waals surface area (Å²) in [6.07, 6.45) is 2.37. The van der Waals surface area contributed by atoms with Gasteiger partial charge in [0.1, 0.15) is 12.1 Å². The summed E-state index contributed by atoms with van der Waals surface area (Å²) in [5, 5.41) is 5.64. The molecule has 0 bridgehead atoms. The van der Waals surface area contributed by atoms with Crippen LogP contribution in [-0.2, 0) is 6.42 Å². The molecular weight excluding hydrogens is 336 g/mol. The molecule has 4 aromatic rings. The molecule has 0 aliphatic carbocycles. The van der Waals surface area contributed by atoms with Crippen LogP contribution >= 0.6 is 0 Å². The number of para-hydroxylation sites is 1. The topological polar surface area (TPSA) is 59.9 Å². The quantitative estimate of drug-likeness (QED) is 0.556. The second-order valence-corrected chi connectivity index (χ2v) is 6.18. The predicted molar refractivity (Wildman–Crippen MR) is 108 cm³/mol. The number of rotatable bonds is 6. The van der Waals surface area contributed by atoms with E-state index in [4.69, 9.17) is 4.74 Å². The average Bonchev–Trinajstić information content (AvgIpc) is 2.74. The second-order valence-electron chi connectivity index (χ2n) is 6.18. The monoisotopic (exact) mass is 356 g/mol. The van der Waals surface area contributed by atoms with Crippen LogP contribution < -0.4 is 10.1 Å². The van der Waals surface area contributed by atoms with E-state index >= 15 is 0 Å². The SMILES string of the molecule is COc1ccccc1CCNc1ncnc(-c2ccc3ccccc3c2)n1. The number of hydrogen-bond donors (Lipinski definition) is 1. The molecule has 1 N–H and O–H groups in total. The van der Waals surface area contributed by atoms with Crippen LogP contribution in [0.5, 0.6) is 5.75 Å². The largest absolute Gasteiger partial charge is 0.496 e. The number of nitrogens with zero attached hydrogens (tertiary/aromatic N) is 3. The van der Waals surface area contributed by atoms with Crippen molar-refractivity contribution in [1.29, 1.82) is 0 Å². The van der Waals surface area contributed by atoms with Gasteiger partial charge >= 0.3 is 0 Å². The van der Waals surface area contributed by atoms with Crippen LogP contribution in [0.25, 0.3) is 22.2 Å². The molecule has 27 heavy (non-hydrogen) atoms. The van der Waals surface area contributed by atoms with E-state index in [0.29, 0.717) is 18.3 Å². The third-order valence-electron chi connectivity index (χ3n) is 4.45. The molecule has 5 nitrogen and oxygen atoms in total. The van der Waals surface area contributed by atoms with Crippen molar-refractivity contribution in [2.45, 2.75) is 6.42 Å². The van der Waals surface area contributed by atoms with Crippen LogP contribution in [0.1, 0.15) is 5.56 Å². The van der Waals surface area contributed by atoms with Crippen LogP contribution in [0, 0.1) is 0 Å². The Morgan fingerprint density at radius 1 is 0.889 bits per heavy atom. The number of nitrogens with one attached hydrogen (secondary N) is 1. The summed E-state index contributed by atoms with van der Waals surface area (Å²) in [4.78, 5) is 13.1. The number of aromatic nitrogens is 3. The molecule has 3 aromatic carbocycles. The normalized spacial score (nSPS) is 10.7. The molecule has 0 radical (unpaired) electrons. The maximum absolute atomic E-state index is 5.39. The Bertz CT molecular complexity index is 1060. The summed E-state index contributed by atoms with van der Waals surface area (Å²) in [6, 6.07) is 22.5. The number of methoxy groups -OCH3 is 1. The van der Waals surface area contributed by atoms with E-state index in [2.05, 4.69) is 50.6 Å². The van der Waals surface area contributed by atoms with Crippen LogP contribution in [0.4, 0.5) is 5.95 Å². The Hall–Kier alpha value is -3.47. The van der Waals surface area contributed by atoms with Gasteiger partial charge in [0.05, 0.1) is 7.11 Å². The zero-order valence-electron chi connectivity index (χ0n) is 15.1. The van der Waals surface area contributed by atoms with Crippen molar-refractivity contribution >= 4 is 16.7 Å². The molecule has 1 heterocycles. The van der Waals surface area contributed by atoms with Gasteiger partial charge in [0.15, 0.2) is 5.82 Å². The van der Waals surface area contributed by atoms with Gasteiger partial charge in [-0.1, -0.05) is 54.6 Å². The van der Waals surface area contributed by atoms with Crippen molar-refractivity contribution in [2.24, 2.45) is 0 Å². The first-order valence-corrected chi connectivity index (χ1v) is 8.87. The van der Waals surface area contributed by atoms with Crippen molar-refractivity contribution in [2.75, 3.05) is 19.0 Å². The molecule has 0 saturated carbocycles. The molecule has 0 atom stereocenters. The molecule has 4 rings (SSSR count). The van der Waals surface area contributed by atoms with E-state index in [-0.39, 0.29) is 0 Å². The fourth-order valence-electron chi connectivity index (χ4n) is 3.07. The van der Waals surface area contributed by atoms with Gasteiger partial charge in [0.25, 0.3) is 0 Å². The van der Waals surface area contributed by atoms with Gasteiger partial charge in [-0.05, 0) is 34.9 Å². The lowest BCUT2D eigenvalue weighted by Gasteiger charge is -2.09. The van der Waals surface area contributed by atoms with Crippen molar-refractivity contribution in [3.05, 3.63) is 78.6 Å². The summed E-state index contributed by atoms with van der Waals surface area (Å²) >= 11 is 0. The van der Waals surface area contributed by atoms with E-state index in [1.165, 1.54) is 10.8 Å². The molecule has 5 heteroatoms. The van der Waals surface area contributed by atoms with Crippen molar-refractivity contribution < 1.29 is 4.74 Å². The Labute approximate surface area is 158 Å². The van der Waals surface area contributed by atoms with Gasteiger partial charge in [-0.3, -0.25) is 0 Å². The van der Waals surface area contributed by atoms with Crippen LogP contribution in [0.2, 0.25) is 0 Å². The summed E-state index contributed by atoms with van der Waals surface area (Å²) in [5.74, 6) is 2.13. The van der Waals surface area contributed by atoms with E-state index in [0.717, 1.165) is 23.3 Å². The highest BCUT2D eigenvalue weighted by Gasteiger charge is 2.06. The number of benzene rings is 3. The minimum Gasteiger partial charge on any atom is -0.496 e.